The van der Waals surface area contributed by atoms with Gasteiger partial charge in [-0.05, 0) is 31.9 Å². The van der Waals surface area contributed by atoms with Gasteiger partial charge in [0.05, 0.1) is 19.8 Å². The molecule has 4 nitrogen and oxygen atoms in total. The Kier molecular flexibility index (Phi) is 4.09. The predicted molar refractivity (Wildman–Crippen MR) is 81.8 cm³/mol. The Balaban J connectivity index is 1.95. The lowest BCUT2D eigenvalue weighted by molar-refractivity contribution is -0.0863. The number of ether oxygens (including phenoxy) is 2. The van der Waals surface area contributed by atoms with Crippen molar-refractivity contribution < 1.29 is 14.6 Å². The lowest BCUT2D eigenvalue weighted by atomic mass is 9.66. The van der Waals surface area contributed by atoms with Crippen LogP contribution in [-0.2, 0) is 0 Å². The van der Waals surface area contributed by atoms with Crippen LogP contribution in [0.3, 0.4) is 0 Å². The van der Waals surface area contributed by atoms with Gasteiger partial charge >= 0.3 is 0 Å². The van der Waals surface area contributed by atoms with Crippen LogP contribution in [-0.4, -0.2) is 31.5 Å². The summed E-state index contributed by atoms with van der Waals surface area (Å²) >= 11 is 0. The molecule has 116 valence electrons. The van der Waals surface area contributed by atoms with E-state index < -0.39 is 5.60 Å². The van der Waals surface area contributed by atoms with Crippen molar-refractivity contribution in [2.75, 3.05) is 20.8 Å². The van der Waals surface area contributed by atoms with Crippen molar-refractivity contribution in [3.8, 4) is 11.5 Å². The first-order valence-corrected chi connectivity index (χ1v) is 7.85. The number of nitrogens with one attached hydrogen (secondary N) is 1. The molecule has 1 aliphatic carbocycles. The summed E-state index contributed by atoms with van der Waals surface area (Å²) in [5, 5.41) is 14.6. The second kappa shape index (κ2) is 5.85. The van der Waals surface area contributed by atoms with Crippen LogP contribution in [0, 0.1) is 5.92 Å². The van der Waals surface area contributed by atoms with Crippen LogP contribution in [0.25, 0.3) is 0 Å². The van der Waals surface area contributed by atoms with E-state index in [4.69, 9.17) is 9.47 Å². The molecule has 1 aromatic rings. The van der Waals surface area contributed by atoms with Crippen molar-refractivity contribution in [1.29, 1.82) is 0 Å². The summed E-state index contributed by atoms with van der Waals surface area (Å²) in [7, 11) is 3.35. The number of hydrogen-bond acceptors (Lipinski definition) is 4. The first-order valence-electron chi connectivity index (χ1n) is 7.85. The van der Waals surface area contributed by atoms with Gasteiger partial charge < -0.3 is 19.9 Å². The van der Waals surface area contributed by atoms with Gasteiger partial charge in [0.15, 0.2) is 0 Å². The smallest absolute Gasteiger partial charge is 0.127 e. The number of fused-ring (bicyclic) bond motifs is 1. The van der Waals surface area contributed by atoms with E-state index in [-0.39, 0.29) is 12.0 Å². The van der Waals surface area contributed by atoms with Crippen molar-refractivity contribution >= 4 is 0 Å². The summed E-state index contributed by atoms with van der Waals surface area (Å²) in [6, 6.07) is 6.11. The average molecular weight is 291 g/mol. The van der Waals surface area contributed by atoms with Crippen LogP contribution in [0.5, 0.6) is 11.5 Å². The molecular formula is C17H25NO3. The molecule has 1 aromatic carbocycles. The first-order chi connectivity index (χ1) is 10.2. The molecule has 2 fully saturated rings. The van der Waals surface area contributed by atoms with Gasteiger partial charge in [-0.3, -0.25) is 0 Å². The van der Waals surface area contributed by atoms with Gasteiger partial charge in [-0.15, -0.1) is 0 Å². The fourth-order valence-electron chi connectivity index (χ4n) is 4.03. The topological polar surface area (TPSA) is 50.7 Å². The van der Waals surface area contributed by atoms with Crippen molar-refractivity contribution in [2.45, 2.75) is 43.7 Å². The van der Waals surface area contributed by atoms with E-state index in [9.17, 15) is 5.11 Å². The summed E-state index contributed by atoms with van der Waals surface area (Å²) in [6.45, 7) is 0.854. The van der Waals surface area contributed by atoms with Gasteiger partial charge in [-0.25, -0.2) is 0 Å². The minimum absolute atomic E-state index is 0.157. The number of benzene rings is 1. The first kappa shape index (κ1) is 14.7. The van der Waals surface area contributed by atoms with E-state index in [2.05, 4.69) is 11.4 Å². The lowest BCUT2D eigenvalue weighted by Gasteiger charge is -2.48. The van der Waals surface area contributed by atoms with Crippen LogP contribution in [0.15, 0.2) is 18.2 Å². The Morgan fingerprint density at radius 3 is 2.81 bits per heavy atom. The molecule has 3 rings (SSSR count). The van der Waals surface area contributed by atoms with Crippen LogP contribution in [0.4, 0.5) is 0 Å². The van der Waals surface area contributed by atoms with Gasteiger partial charge in [0.25, 0.3) is 0 Å². The molecular weight excluding hydrogens is 266 g/mol. The van der Waals surface area contributed by atoms with Crippen LogP contribution in [0.2, 0.25) is 0 Å². The maximum Gasteiger partial charge on any atom is 0.127 e. The third-order valence-corrected chi connectivity index (χ3v) is 5.17. The summed E-state index contributed by atoms with van der Waals surface area (Å²) < 4.78 is 10.8. The normalized spacial score (nSPS) is 32.3. The molecule has 0 bridgehead atoms. The van der Waals surface area contributed by atoms with Crippen LogP contribution in [0.1, 0.15) is 43.7 Å². The van der Waals surface area contributed by atoms with E-state index in [0.29, 0.717) is 0 Å². The van der Waals surface area contributed by atoms with Gasteiger partial charge in [-0.1, -0.05) is 18.9 Å². The molecule has 0 spiro atoms. The minimum Gasteiger partial charge on any atom is -0.497 e. The number of rotatable bonds is 3. The number of hydrogen-bond donors (Lipinski definition) is 2. The van der Waals surface area contributed by atoms with Crippen LogP contribution >= 0.6 is 0 Å². The molecule has 1 heterocycles. The van der Waals surface area contributed by atoms with Crippen molar-refractivity contribution in [2.24, 2.45) is 5.92 Å². The van der Waals surface area contributed by atoms with E-state index in [0.717, 1.165) is 49.3 Å². The van der Waals surface area contributed by atoms with E-state index in [1.807, 2.05) is 12.1 Å². The predicted octanol–water partition coefficient (Wildman–Crippen LogP) is 2.66. The highest BCUT2D eigenvalue weighted by atomic mass is 16.5. The number of piperidine rings is 1. The van der Waals surface area contributed by atoms with E-state index in [1.54, 1.807) is 14.2 Å². The van der Waals surface area contributed by atoms with Gasteiger partial charge in [0, 0.05) is 23.6 Å². The molecule has 0 aromatic heterocycles. The third-order valence-electron chi connectivity index (χ3n) is 5.17. The Labute approximate surface area is 126 Å². The van der Waals surface area contributed by atoms with Gasteiger partial charge in [0.2, 0.25) is 0 Å². The van der Waals surface area contributed by atoms with Crippen LogP contribution < -0.4 is 14.8 Å². The quantitative estimate of drug-likeness (QED) is 0.899. The second-order valence-corrected chi connectivity index (χ2v) is 6.25. The molecule has 2 aliphatic rings. The number of methoxy groups -OCH3 is 2. The highest BCUT2D eigenvalue weighted by Gasteiger charge is 2.46. The third kappa shape index (κ3) is 2.62. The van der Waals surface area contributed by atoms with Gasteiger partial charge in [-0.2, -0.15) is 0 Å². The Hall–Kier alpha value is -1.26. The van der Waals surface area contributed by atoms with E-state index in [1.165, 1.54) is 6.42 Å². The zero-order valence-electron chi connectivity index (χ0n) is 12.9. The molecule has 0 amide bonds. The maximum atomic E-state index is 11.0. The van der Waals surface area contributed by atoms with Crippen molar-refractivity contribution in [1.82, 2.24) is 5.32 Å². The van der Waals surface area contributed by atoms with Crippen molar-refractivity contribution in [3.05, 3.63) is 23.8 Å². The standard InChI is InChI=1S/C17H25NO3/c1-20-12-6-7-13(15(11-12)21-2)16-14-5-3-4-8-17(14,19)9-10-18-16/h6-7,11,14,16,18-19H,3-5,8-10H2,1-2H3. The second-order valence-electron chi connectivity index (χ2n) is 6.25. The van der Waals surface area contributed by atoms with Gasteiger partial charge in [0.1, 0.15) is 11.5 Å². The molecule has 1 aliphatic heterocycles. The summed E-state index contributed by atoms with van der Waals surface area (Å²) in [6.07, 6.45) is 5.19. The summed E-state index contributed by atoms with van der Waals surface area (Å²) in [4.78, 5) is 0. The Morgan fingerprint density at radius 1 is 1.19 bits per heavy atom. The summed E-state index contributed by atoms with van der Waals surface area (Å²) in [5.41, 5.74) is 0.613. The molecule has 1 saturated heterocycles. The molecule has 0 radical (unpaired) electrons. The highest BCUT2D eigenvalue weighted by molar-refractivity contribution is 5.43. The average Bonchev–Trinajstić information content (AvgIpc) is 2.53. The minimum atomic E-state index is -0.515. The Bertz CT molecular complexity index is 501. The lowest BCUT2D eigenvalue weighted by Crippen LogP contribution is -2.53. The highest BCUT2D eigenvalue weighted by Crippen LogP contribution is 2.47. The fraction of sp³-hybridized carbons (Fsp3) is 0.647. The monoisotopic (exact) mass is 291 g/mol. The van der Waals surface area contributed by atoms with Crippen molar-refractivity contribution in [3.63, 3.8) is 0 Å². The molecule has 21 heavy (non-hydrogen) atoms. The largest absolute Gasteiger partial charge is 0.497 e. The molecule has 3 unspecified atom stereocenters. The maximum absolute atomic E-state index is 11.0. The fourth-order valence-corrected chi connectivity index (χ4v) is 4.03. The number of aliphatic hydroxyl groups is 1. The SMILES string of the molecule is COc1ccc(C2NCCC3(O)CCCCC23)c(OC)c1. The van der Waals surface area contributed by atoms with E-state index >= 15 is 0 Å². The zero-order valence-corrected chi connectivity index (χ0v) is 12.9. The molecule has 1 saturated carbocycles. The molecule has 2 N–H and O–H groups in total. The summed E-state index contributed by atoms with van der Waals surface area (Å²) in [5.74, 6) is 1.90. The molecule has 3 atom stereocenters. The zero-order chi connectivity index (χ0) is 14.9. The Morgan fingerprint density at radius 2 is 2.05 bits per heavy atom. The molecule has 4 heteroatoms.